The van der Waals surface area contributed by atoms with Crippen LogP contribution < -0.4 is 10.2 Å². The molecule has 144 valence electrons. The van der Waals surface area contributed by atoms with Crippen molar-refractivity contribution in [2.45, 2.75) is 13.1 Å². The number of aryl methyl sites for hydroxylation is 1. The quantitative estimate of drug-likeness (QED) is 0.435. The Labute approximate surface area is 175 Å². The number of aromatic nitrogens is 1. The van der Waals surface area contributed by atoms with E-state index in [4.69, 9.17) is 0 Å². The van der Waals surface area contributed by atoms with Gasteiger partial charge in [-0.2, -0.15) is 0 Å². The van der Waals surface area contributed by atoms with Crippen LogP contribution in [0.15, 0.2) is 66.0 Å². The van der Waals surface area contributed by atoms with Gasteiger partial charge in [0.1, 0.15) is 12.0 Å². The zero-order chi connectivity index (χ0) is 20.0. The van der Waals surface area contributed by atoms with Gasteiger partial charge in [-0.1, -0.05) is 18.2 Å². The number of amides is 1. The van der Waals surface area contributed by atoms with Gasteiger partial charge >= 0.3 is 0 Å². The molecule has 2 aromatic carbocycles. The van der Waals surface area contributed by atoms with Gasteiger partial charge in [0.2, 0.25) is 0 Å². The lowest BCUT2D eigenvalue weighted by Crippen LogP contribution is -2.42. The summed E-state index contributed by atoms with van der Waals surface area (Å²) in [6, 6.07) is 17.8. The maximum absolute atomic E-state index is 13.8. The number of thiazole rings is 1. The van der Waals surface area contributed by atoms with Gasteiger partial charge < -0.3 is 5.32 Å². The summed E-state index contributed by atoms with van der Waals surface area (Å²) in [4.78, 5) is 21.6. The van der Waals surface area contributed by atoms with E-state index in [1.807, 2.05) is 54.8 Å². The topological polar surface area (TPSA) is 45.2 Å². The fourth-order valence-electron chi connectivity index (χ4n) is 3.45. The Morgan fingerprint density at radius 3 is 2.69 bits per heavy atom. The zero-order valence-corrected chi connectivity index (χ0v) is 17.1. The molecule has 0 saturated heterocycles. The summed E-state index contributed by atoms with van der Waals surface area (Å²) >= 11 is 3.21. The molecule has 5 rings (SSSR count). The minimum atomic E-state index is -0.428. The number of para-hydroxylation sites is 1. The third kappa shape index (κ3) is 3.22. The van der Waals surface area contributed by atoms with E-state index in [0.717, 1.165) is 26.1 Å². The van der Waals surface area contributed by atoms with Crippen LogP contribution in [-0.4, -0.2) is 10.9 Å². The molecule has 2 aromatic heterocycles. The van der Waals surface area contributed by atoms with Gasteiger partial charge in [0.15, 0.2) is 0 Å². The summed E-state index contributed by atoms with van der Waals surface area (Å²) in [5.41, 5.74) is 2.66. The van der Waals surface area contributed by atoms with Crippen LogP contribution in [0.4, 0.5) is 15.8 Å². The van der Waals surface area contributed by atoms with Crippen molar-refractivity contribution < 1.29 is 9.18 Å². The molecule has 1 unspecified atom stereocenters. The van der Waals surface area contributed by atoms with Crippen LogP contribution >= 0.6 is 22.7 Å². The highest BCUT2D eigenvalue weighted by Gasteiger charge is 2.35. The fraction of sp³-hybridized carbons (Fsp3) is 0.0909. The Bertz CT molecular complexity index is 1200. The molecule has 0 saturated carbocycles. The molecule has 4 aromatic rings. The van der Waals surface area contributed by atoms with Gasteiger partial charge in [0.25, 0.3) is 5.91 Å². The van der Waals surface area contributed by atoms with Crippen LogP contribution in [0.2, 0.25) is 0 Å². The lowest BCUT2D eigenvalue weighted by atomic mass is 10.1. The first-order valence-electron chi connectivity index (χ1n) is 9.07. The number of anilines is 2. The Kier molecular flexibility index (Phi) is 4.41. The highest BCUT2D eigenvalue weighted by atomic mass is 32.1. The number of nitrogens with zero attached hydrogens (tertiary/aromatic N) is 2. The van der Waals surface area contributed by atoms with Crippen molar-refractivity contribution in [3.63, 3.8) is 0 Å². The minimum absolute atomic E-state index is 0.228. The summed E-state index contributed by atoms with van der Waals surface area (Å²) < 4.78 is 13.8. The summed E-state index contributed by atoms with van der Waals surface area (Å²) in [6.45, 7) is 1.98. The second-order valence-electron chi connectivity index (χ2n) is 6.70. The summed E-state index contributed by atoms with van der Waals surface area (Å²) in [6.07, 6.45) is -0.388. The number of benzene rings is 2. The van der Waals surface area contributed by atoms with Crippen LogP contribution in [0.5, 0.6) is 0 Å². The number of hydrogen-bond acceptors (Lipinski definition) is 5. The average Bonchev–Trinajstić information content (AvgIpc) is 3.38. The van der Waals surface area contributed by atoms with Gasteiger partial charge in [-0.15, -0.1) is 22.7 Å². The van der Waals surface area contributed by atoms with Gasteiger partial charge in [0, 0.05) is 21.6 Å². The second kappa shape index (κ2) is 7.09. The number of rotatable bonds is 3. The molecule has 0 fully saturated rings. The molecule has 3 heterocycles. The second-order valence-corrected chi connectivity index (χ2v) is 8.88. The van der Waals surface area contributed by atoms with E-state index in [2.05, 4.69) is 10.3 Å². The van der Waals surface area contributed by atoms with Crippen molar-refractivity contribution in [1.82, 2.24) is 4.98 Å². The fourth-order valence-corrected chi connectivity index (χ4v) is 5.14. The van der Waals surface area contributed by atoms with E-state index < -0.39 is 5.82 Å². The lowest BCUT2D eigenvalue weighted by Gasteiger charge is -2.37. The molecule has 0 aliphatic carbocycles. The summed E-state index contributed by atoms with van der Waals surface area (Å²) in [5.74, 6) is -0.656. The number of carbonyl (C=O) groups is 1. The first-order chi connectivity index (χ1) is 14.1. The molecule has 1 amide bonds. The lowest BCUT2D eigenvalue weighted by molar-refractivity contribution is 0.0975. The van der Waals surface area contributed by atoms with E-state index >= 15 is 0 Å². The molecular weight excluding hydrogens is 405 g/mol. The van der Waals surface area contributed by atoms with Crippen molar-refractivity contribution >= 4 is 40.0 Å². The molecule has 1 atom stereocenters. The Balaban J connectivity index is 1.61. The maximum Gasteiger partial charge on any atom is 0.262 e. The predicted molar refractivity (Wildman–Crippen MR) is 116 cm³/mol. The van der Waals surface area contributed by atoms with Crippen molar-refractivity contribution in [2.75, 3.05) is 10.2 Å². The first-order valence-corrected chi connectivity index (χ1v) is 10.8. The normalized spacial score (nSPS) is 15.9. The predicted octanol–water partition coefficient (Wildman–Crippen LogP) is 6.09. The molecule has 0 spiro atoms. The zero-order valence-electron chi connectivity index (χ0n) is 15.4. The number of fused-ring (bicyclic) bond motifs is 1. The van der Waals surface area contributed by atoms with Gasteiger partial charge in [-0.05, 0) is 49.4 Å². The van der Waals surface area contributed by atoms with Crippen LogP contribution in [-0.2, 0) is 0 Å². The summed E-state index contributed by atoms with van der Waals surface area (Å²) in [5, 5.41) is 6.48. The third-order valence-corrected chi connectivity index (χ3v) is 6.72. The summed E-state index contributed by atoms with van der Waals surface area (Å²) in [7, 11) is 0. The standard InChI is InChI=1S/C22H16FN3OS2/c1-13-24-18(12-28-13)19-9-10-20(29-19)21-25-17-8-7-14(23)11-16(17)22(27)26(21)15-5-3-2-4-6-15/h2-12,21,25H,1H3. The Hall–Kier alpha value is -3.03. The first kappa shape index (κ1) is 18.0. The molecule has 1 aliphatic heterocycles. The van der Waals surface area contributed by atoms with Crippen molar-refractivity contribution in [1.29, 1.82) is 0 Å². The molecule has 0 radical (unpaired) electrons. The number of nitrogens with one attached hydrogen (secondary N) is 1. The molecular formula is C22H16FN3OS2. The highest BCUT2D eigenvalue weighted by molar-refractivity contribution is 7.16. The van der Waals surface area contributed by atoms with E-state index in [-0.39, 0.29) is 12.1 Å². The number of halogens is 1. The smallest absolute Gasteiger partial charge is 0.262 e. The monoisotopic (exact) mass is 421 g/mol. The maximum atomic E-state index is 13.8. The minimum Gasteiger partial charge on any atom is -0.360 e. The average molecular weight is 422 g/mol. The number of carbonyl (C=O) groups excluding carboxylic acids is 1. The van der Waals surface area contributed by atoms with Crippen LogP contribution in [0.25, 0.3) is 10.6 Å². The van der Waals surface area contributed by atoms with Crippen LogP contribution in [0, 0.1) is 12.7 Å². The van der Waals surface area contributed by atoms with Gasteiger partial charge in [-0.3, -0.25) is 9.69 Å². The molecule has 7 heteroatoms. The number of thiophene rings is 1. The van der Waals surface area contributed by atoms with E-state index in [9.17, 15) is 9.18 Å². The van der Waals surface area contributed by atoms with Crippen LogP contribution in [0.1, 0.15) is 26.4 Å². The van der Waals surface area contributed by atoms with Crippen molar-refractivity contribution in [2.24, 2.45) is 0 Å². The largest absolute Gasteiger partial charge is 0.360 e. The number of hydrogen-bond donors (Lipinski definition) is 1. The van der Waals surface area contributed by atoms with Gasteiger partial charge in [-0.25, -0.2) is 9.37 Å². The molecule has 29 heavy (non-hydrogen) atoms. The molecule has 4 nitrogen and oxygen atoms in total. The van der Waals surface area contributed by atoms with Crippen molar-refractivity contribution in [3.05, 3.63) is 87.3 Å². The van der Waals surface area contributed by atoms with E-state index in [0.29, 0.717) is 11.3 Å². The molecule has 0 bridgehead atoms. The van der Waals surface area contributed by atoms with Gasteiger partial charge in [0.05, 0.1) is 21.1 Å². The van der Waals surface area contributed by atoms with E-state index in [1.54, 1.807) is 33.6 Å². The third-order valence-electron chi connectivity index (χ3n) is 4.78. The van der Waals surface area contributed by atoms with E-state index in [1.165, 1.54) is 12.1 Å². The Morgan fingerprint density at radius 1 is 1.10 bits per heavy atom. The van der Waals surface area contributed by atoms with Crippen molar-refractivity contribution in [3.8, 4) is 10.6 Å². The molecule has 1 N–H and O–H groups in total. The van der Waals surface area contributed by atoms with Crippen LogP contribution in [0.3, 0.4) is 0 Å². The molecule has 1 aliphatic rings. The highest BCUT2D eigenvalue weighted by Crippen LogP contribution is 2.40. The Morgan fingerprint density at radius 2 is 1.93 bits per heavy atom. The SMILES string of the molecule is Cc1nc(-c2ccc(C3Nc4ccc(F)cc4C(=O)N3c3ccccc3)s2)cs1.